The van der Waals surface area contributed by atoms with E-state index in [1.54, 1.807) is 24.8 Å². The number of aryl methyl sites for hydroxylation is 1. The maximum Gasteiger partial charge on any atom is 0.155 e. The number of anilines is 1. The molecule has 0 aliphatic carbocycles. The van der Waals surface area contributed by atoms with E-state index in [1.807, 2.05) is 6.07 Å². The van der Waals surface area contributed by atoms with E-state index >= 15 is 0 Å². The van der Waals surface area contributed by atoms with Crippen molar-refractivity contribution in [3.8, 4) is 0 Å². The third-order valence-corrected chi connectivity index (χ3v) is 5.09. The summed E-state index contributed by atoms with van der Waals surface area (Å²) >= 11 is 5.18. The van der Waals surface area contributed by atoms with E-state index in [1.165, 1.54) is 16.0 Å². The summed E-state index contributed by atoms with van der Waals surface area (Å²) in [4.78, 5) is 14.9. The molecule has 0 saturated heterocycles. The summed E-state index contributed by atoms with van der Waals surface area (Å²) in [6.45, 7) is 4.44. The summed E-state index contributed by atoms with van der Waals surface area (Å²) in [6, 6.07) is 14.8. The highest BCUT2D eigenvalue weighted by atomic mass is 79.9. The van der Waals surface area contributed by atoms with Gasteiger partial charge < -0.3 is 4.90 Å². The van der Waals surface area contributed by atoms with Gasteiger partial charge >= 0.3 is 0 Å². The lowest BCUT2D eigenvalue weighted by atomic mass is 10.1. The van der Waals surface area contributed by atoms with Crippen LogP contribution in [0.2, 0.25) is 0 Å². The fraction of sp³-hybridized carbons (Fsp3) is 0.167. The molecule has 0 spiro atoms. The van der Waals surface area contributed by atoms with Gasteiger partial charge in [-0.1, -0.05) is 57.5 Å². The Morgan fingerprint density at radius 3 is 2.64 bits per heavy atom. The first kappa shape index (κ1) is 15.4. The molecule has 0 unspecified atom stereocenters. The lowest BCUT2D eigenvalue weighted by Crippen LogP contribution is -2.17. The van der Waals surface area contributed by atoms with Crippen LogP contribution in [0.15, 0.2) is 62.9 Å². The summed E-state index contributed by atoms with van der Waals surface area (Å²) < 4.78 is 1.05. The number of carbonyl (C=O) groups excluding carboxylic acids is 1. The molecule has 0 aromatic heterocycles. The van der Waals surface area contributed by atoms with Crippen molar-refractivity contribution in [3.05, 3.63) is 69.2 Å². The predicted molar refractivity (Wildman–Crippen MR) is 96.1 cm³/mol. The van der Waals surface area contributed by atoms with Crippen LogP contribution < -0.4 is 4.90 Å². The van der Waals surface area contributed by atoms with Gasteiger partial charge in [0.15, 0.2) is 5.78 Å². The number of halogens is 1. The van der Waals surface area contributed by atoms with Gasteiger partial charge in [-0.15, -0.1) is 0 Å². The van der Waals surface area contributed by atoms with Crippen LogP contribution in [-0.4, -0.2) is 5.78 Å². The van der Waals surface area contributed by atoms with Gasteiger partial charge in [0.25, 0.3) is 0 Å². The molecule has 1 heterocycles. The fourth-order valence-electron chi connectivity index (χ4n) is 2.39. The Morgan fingerprint density at radius 2 is 1.95 bits per heavy atom. The Morgan fingerprint density at radius 1 is 1.23 bits per heavy atom. The molecule has 0 radical (unpaired) electrons. The molecule has 112 valence electrons. The summed E-state index contributed by atoms with van der Waals surface area (Å²) in [5.41, 5.74) is 3.63. The van der Waals surface area contributed by atoms with E-state index in [0.29, 0.717) is 0 Å². The van der Waals surface area contributed by atoms with Crippen molar-refractivity contribution in [2.75, 3.05) is 4.90 Å². The largest absolute Gasteiger partial charge is 0.330 e. The SMILES string of the molecule is CC(=O)/C=C1\Sc2ccc(Br)cc2N1Cc1ccc(C)cc1. The highest BCUT2D eigenvalue weighted by Gasteiger charge is 2.25. The molecule has 22 heavy (non-hydrogen) atoms. The van der Waals surface area contributed by atoms with Crippen molar-refractivity contribution in [1.82, 2.24) is 0 Å². The van der Waals surface area contributed by atoms with Gasteiger partial charge in [0.1, 0.15) is 0 Å². The first-order valence-electron chi connectivity index (χ1n) is 7.06. The molecular formula is C18H16BrNOS. The normalized spacial score (nSPS) is 15.2. The summed E-state index contributed by atoms with van der Waals surface area (Å²) in [7, 11) is 0. The van der Waals surface area contributed by atoms with E-state index in [9.17, 15) is 4.79 Å². The van der Waals surface area contributed by atoms with E-state index in [0.717, 1.165) is 21.7 Å². The standard InChI is InChI=1S/C18H16BrNOS/c1-12-3-5-14(6-4-12)11-20-16-10-15(19)7-8-17(16)22-18(20)9-13(2)21/h3-10H,11H2,1-2H3/b18-9-. The lowest BCUT2D eigenvalue weighted by Gasteiger charge is -2.20. The van der Waals surface area contributed by atoms with Crippen LogP contribution in [-0.2, 0) is 11.3 Å². The second-order valence-electron chi connectivity index (χ2n) is 5.38. The Bertz CT molecular complexity index is 752. The van der Waals surface area contributed by atoms with Gasteiger partial charge in [-0.05, 0) is 37.6 Å². The maximum absolute atomic E-state index is 11.5. The zero-order chi connectivity index (χ0) is 15.7. The minimum atomic E-state index is 0.0725. The molecule has 2 aromatic rings. The summed E-state index contributed by atoms with van der Waals surface area (Å²) in [5, 5.41) is 0.987. The number of thioether (sulfide) groups is 1. The third-order valence-electron chi connectivity index (χ3n) is 3.48. The van der Waals surface area contributed by atoms with E-state index in [2.05, 4.69) is 64.2 Å². The molecule has 0 fully saturated rings. The molecular weight excluding hydrogens is 358 g/mol. The Hall–Kier alpha value is -1.52. The zero-order valence-electron chi connectivity index (χ0n) is 12.5. The van der Waals surface area contributed by atoms with E-state index < -0.39 is 0 Å². The Kier molecular flexibility index (Phi) is 4.41. The van der Waals surface area contributed by atoms with Crippen molar-refractivity contribution in [2.45, 2.75) is 25.3 Å². The Labute approximate surface area is 143 Å². The van der Waals surface area contributed by atoms with Gasteiger partial charge in [-0.25, -0.2) is 0 Å². The van der Waals surface area contributed by atoms with Crippen LogP contribution in [0.25, 0.3) is 0 Å². The van der Waals surface area contributed by atoms with Crippen LogP contribution in [0.1, 0.15) is 18.1 Å². The van der Waals surface area contributed by atoms with Crippen molar-refractivity contribution in [2.24, 2.45) is 0 Å². The van der Waals surface area contributed by atoms with Crippen LogP contribution in [0.4, 0.5) is 5.69 Å². The average Bonchev–Trinajstić information content (AvgIpc) is 2.78. The molecule has 1 aliphatic heterocycles. The molecule has 0 amide bonds. The molecule has 0 atom stereocenters. The quantitative estimate of drug-likeness (QED) is 0.680. The smallest absolute Gasteiger partial charge is 0.155 e. The number of hydrogen-bond donors (Lipinski definition) is 0. The topological polar surface area (TPSA) is 20.3 Å². The molecule has 2 nitrogen and oxygen atoms in total. The number of hydrogen-bond acceptors (Lipinski definition) is 3. The molecule has 2 aromatic carbocycles. The van der Waals surface area contributed by atoms with E-state index in [-0.39, 0.29) is 5.78 Å². The molecule has 0 saturated carbocycles. The van der Waals surface area contributed by atoms with E-state index in [4.69, 9.17) is 0 Å². The van der Waals surface area contributed by atoms with Crippen molar-refractivity contribution in [1.29, 1.82) is 0 Å². The average molecular weight is 374 g/mol. The number of rotatable bonds is 3. The minimum Gasteiger partial charge on any atom is -0.330 e. The fourth-order valence-corrected chi connectivity index (χ4v) is 3.88. The van der Waals surface area contributed by atoms with Crippen molar-refractivity contribution >= 4 is 39.2 Å². The molecule has 4 heteroatoms. The molecule has 0 bridgehead atoms. The van der Waals surface area contributed by atoms with Crippen molar-refractivity contribution in [3.63, 3.8) is 0 Å². The molecule has 1 aliphatic rings. The second-order valence-corrected chi connectivity index (χ2v) is 7.36. The van der Waals surface area contributed by atoms with Crippen molar-refractivity contribution < 1.29 is 4.79 Å². The summed E-state index contributed by atoms with van der Waals surface area (Å²) in [6.07, 6.45) is 1.72. The van der Waals surface area contributed by atoms with Gasteiger partial charge in [0.05, 0.1) is 10.7 Å². The number of carbonyl (C=O) groups is 1. The number of nitrogens with zero attached hydrogens (tertiary/aromatic N) is 1. The highest BCUT2D eigenvalue weighted by Crippen LogP contribution is 2.47. The van der Waals surface area contributed by atoms with Gasteiger partial charge in [-0.3, -0.25) is 4.79 Å². The number of fused-ring (bicyclic) bond motifs is 1. The van der Waals surface area contributed by atoms with Gasteiger partial charge in [-0.2, -0.15) is 0 Å². The minimum absolute atomic E-state index is 0.0725. The highest BCUT2D eigenvalue weighted by molar-refractivity contribution is 9.10. The monoisotopic (exact) mass is 373 g/mol. The number of benzene rings is 2. The van der Waals surface area contributed by atoms with Gasteiger partial charge in [0, 0.05) is 22.0 Å². The third kappa shape index (κ3) is 3.28. The van der Waals surface area contributed by atoms with Gasteiger partial charge in [0.2, 0.25) is 0 Å². The predicted octanol–water partition coefficient (Wildman–Crippen LogP) is 5.30. The van der Waals surface area contributed by atoms with Crippen LogP contribution >= 0.6 is 27.7 Å². The second kappa shape index (κ2) is 6.31. The molecule has 0 N–H and O–H groups in total. The van der Waals surface area contributed by atoms with Crippen LogP contribution in [0.5, 0.6) is 0 Å². The first-order valence-corrected chi connectivity index (χ1v) is 8.66. The molecule has 3 rings (SSSR count). The van der Waals surface area contributed by atoms with Crippen LogP contribution in [0.3, 0.4) is 0 Å². The zero-order valence-corrected chi connectivity index (χ0v) is 14.9. The van der Waals surface area contributed by atoms with Crippen LogP contribution in [0, 0.1) is 6.92 Å². The maximum atomic E-state index is 11.5. The lowest BCUT2D eigenvalue weighted by molar-refractivity contribution is -0.112. The Balaban J connectivity index is 1.99. The number of ketones is 1. The summed E-state index contributed by atoms with van der Waals surface area (Å²) in [5.74, 6) is 0.0725. The first-order chi connectivity index (χ1) is 10.5. The number of allylic oxidation sites excluding steroid dienone is 1.